The van der Waals surface area contributed by atoms with E-state index in [9.17, 15) is 4.79 Å². The van der Waals surface area contributed by atoms with Crippen LogP contribution >= 0.6 is 12.2 Å². The van der Waals surface area contributed by atoms with E-state index in [1.165, 1.54) is 5.56 Å². The Balaban J connectivity index is 1.92. The van der Waals surface area contributed by atoms with Crippen LogP contribution in [0.15, 0.2) is 42.5 Å². The van der Waals surface area contributed by atoms with Gasteiger partial charge in [-0.15, -0.1) is 0 Å². The summed E-state index contributed by atoms with van der Waals surface area (Å²) in [4.78, 5) is 10.8. The highest BCUT2D eigenvalue weighted by atomic mass is 32.1. The van der Waals surface area contributed by atoms with Crippen molar-refractivity contribution in [3.8, 4) is 0 Å². The molecule has 0 unspecified atom stereocenters. The van der Waals surface area contributed by atoms with E-state index in [4.69, 9.17) is 17.3 Å². The number of benzene rings is 2. The van der Waals surface area contributed by atoms with E-state index < -0.39 is 5.97 Å². The number of aromatic carboxylic acids is 1. The molecule has 2 aromatic rings. The van der Waals surface area contributed by atoms with Crippen LogP contribution in [0, 0.1) is 13.8 Å². The van der Waals surface area contributed by atoms with Crippen LogP contribution in [0.5, 0.6) is 0 Å². The van der Waals surface area contributed by atoms with E-state index in [-0.39, 0.29) is 5.56 Å². The molecule has 0 aliphatic carbocycles. The van der Waals surface area contributed by atoms with E-state index in [0.29, 0.717) is 11.7 Å². The lowest BCUT2D eigenvalue weighted by atomic mass is 10.1. The predicted octanol–water partition coefficient (Wildman–Crippen LogP) is 3.49. The topological polar surface area (TPSA) is 61.4 Å². The first-order valence-corrected chi connectivity index (χ1v) is 7.31. The number of carboxylic acid groups (broad SMARTS) is 1. The predicted molar refractivity (Wildman–Crippen MR) is 92.4 cm³/mol. The molecule has 0 radical (unpaired) electrons. The maximum Gasteiger partial charge on any atom is 0.335 e. The van der Waals surface area contributed by atoms with E-state index in [2.05, 4.69) is 23.6 Å². The summed E-state index contributed by atoms with van der Waals surface area (Å²) in [6.45, 7) is 4.64. The Morgan fingerprint density at radius 1 is 1.14 bits per heavy atom. The normalized spacial score (nSPS) is 10.1. The van der Waals surface area contributed by atoms with Gasteiger partial charge >= 0.3 is 5.97 Å². The fourth-order valence-corrected chi connectivity index (χ4v) is 2.18. The Kier molecular flexibility index (Phi) is 5.12. The molecule has 0 spiro atoms. The maximum atomic E-state index is 10.8. The first-order valence-electron chi connectivity index (χ1n) is 6.90. The van der Waals surface area contributed by atoms with Gasteiger partial charge in [-0.3, -0.25) is 0 Å². The molecule has 0 aliphatic rings. The highest BCUT2D eigenvalue weighted by Crippen LogP contribution is 2.17. The lowest BCUT2D eigenvalue weighted by Gasteiger charge is -2.13. The van der Waals surface area contributed by atoms with Crippen molar-refractivity contribution in [1.82, 2.24) is 5.32 Å². The van der Waals surface area contributed by atoms with E-state index in [1.807, 2.05) is 19.1 Å². The molecule has 5 heteroatoms. The van der Waals surface area contributed by atoms with Crippen LogP contribution in [0.2, 0.25) is 0 Å². The molecule has 22 heavy (non-hydrogen) atoms. The van der Waals surface area contributed by atoms with Crippen LogP contribution in [-0.4, -0.2) is 16.2 Å². The number of nitrogens with one attached hydrogen (secondary N) is 2. The van der Waals surface area contributed by atoms with Gasteiger partial charge in [-0.2, -0.15) is 0 Å². The molecule has 0 aliphatic heterocycles. The van der Waals surface area contributed by atoms with Gasteiger partial charge in [0.2, 0.25) is 0 Å². The summed E-state index contributed by atoms with van der Waals surface area (Å²) in [6.07, 6.45) is 0. The van der Waals surface area contributed by atoms with Crippen molar-refractivity contribution in [2.75, 3.05) is 5.32 Å². The van der Waals surface area contributed by atoms with Crippen molar-refractivity contribution in [1.29, 1.82) is 0 Å². The monoisotopic (exact) mass is 314 g/mol. The molecular formula is C17H18N2O2S. The minimum absolute atomic E-state index is 0.278. The summed E-state index contributed by atoms with van der Waals surface area (Å²) in [6, 6.07) is 12.7. The van der Waals surface area contributed by atoms with Gasteiger partial charge < -0.3 is 15.7 Å². The molecule has 114 valence electrons. The number of rotatable bonds is 4. The van der Waals surface area contributed by atoms with E-state index in [0.717, 1.165) is 16.8 Å². The average Bonchev–Trinajstić information content (AvgIpc) is 2.50. The lowest BCUT2D eigenvalue weighted by molar-refractivity contribution is 0.0697. The number of anilines is 1. The number of carboxylic acids is 1. The summed E-state index contributed by atoms with van der Waals surface area (Å²) in [5, 5.41) is 15.7. The van der Waals surface area contributed by atoms with Gasteiger partial charge in [0.25, 0.3) is 0 Å². The Morgan fingerprint density at radius 3 is 2.45 bits per heavy atom. The SMILES string of the molecule is Cc1cccc(NC(=S)NCc2ccc(C(=O)O)cc2)c1C. The van der Waals surface area contributed by atoms with Gasteiger partial charge in [-0.05, 0) is 61.0 Å². The zero-order chi connectivity index (χ0) is 16.1. The second-order valence-corrected chi connectivity index (χ2v) is 5.47. The minimum atomic E-state index is -0.924. The number of aryl methyl sites for hydroxylation is 1. The zero-order valence-corrected chi connectivity index (χ0v) is 13.3. The molecule has 2 rings (SSSR count). The van der Waals surface area contributed by atoms with Crippen molar-refractivity contribution in [2.24, 2.45) is 0 Å². The molecule has 0 saturated heterocycles. The zero-order valence-electron chi connectivity index (χ0n) is 12.5. The highest BCUT2D eigenvalue weighted by molar-refractivity contribution is 7.80. The van der Waals surface area contributed by atoms with Crippen LogP contribution in [0.25, 0.3) is 0 Å². The fourth-order valence-electron chi connectivity index (χ4n) is 2.00. The summed E-state index contributed by atoms with van der Waals surface area (Å²) >= 11 is 5.29. The van der Waals surface area contributed by atoms with Gasteiger partial charge in [0.05, 0.1) is 5.56 Å². The Morgan fingerprint density at radius 2 is 1.82 bits per heavy atom. The molecule has 3 N–H and O–H groups in total. The molecule has 0 aromatic heterocycles. The van der Waals surface area contributed by atoms with Crippen LogP contribution in [0.1, 0.15) is 27.0 Å². The Hall–Kier alpha value is -2.40. The standard InChI is InChI=1S/C17H18N2O2S/c1-11-4-3-5-15(12(11)2)19-17(22)18-10-13-6-8-14(9-7-13)16(20)21/h3-9H,10H2,1-2H3,(H,20,21)(H2,18,19,22). The van der Waals surface area contributed by atoms with Crippen molar-refractivity contribution < 1.29 is 9.90 Å². The molecule has 2 aromatic carbocycles. The maximum absolute atomic E-state index is 10.8. The average molecular weight is 314 g/mol. The first-order chi connectivity index (χ1) is 10.5. The van der Waals surface area contributed by atoms with Crippen LogP contribution < -0.4 is 10.6 Å². The molecular weight excluding hydrogens is 296 g/mol. The van der Waals surface area contributed by atoms with Crippen molar-refractivity contribution >= 4 is 29.0 Å². The largest absolute Gasteiger partial charge is 0.478 e. The number of hydrogen-bond acceptors (Lipinski definition) is 2. The summed E-state index contributed by atoms with van der Waals surface area (Å²) in [5.41, 5.74) is 4.60. The smallest absolute Gasteiger partial charge is 0.335 e. The number of hydrogen-bond donors (Lipinski definition) is 3. The van der Waals surface area contributed by atoms with Gasteiger partial charge in [0.15, 0.2) is 5.11 Å². The summed E-state index contributed by atoms with van der Waals surface area (Å²) in [5.74, 6) is -0.924. The molecule has 0 bridgehead atoms. The molecule has 0 fully saturated rings. The van der Waals surface area contributed by atoms with Crippen molar-refractivity contribution in [3.63, 3.8) is 0 Å². The molecule has 0 atom stereocenters. The van der Waals surface area contributed by atoms with E-state index >= 15 is 0 Å². The third kappa shape index (κ3) is 4.05. The fraction of sp³-hybridized carbons (Fsp3) is 0.176. The highest BCUT2D eigenvalue weighted by Gasteiger charge is 2.04. The first kappa shape index (κ1) is 16.0. The second-order valence-electron chi connectivity index (χ2n) is 5.06. The van der Waals surface area contributed by atoms with Crippen molar-refractivity contribution in [3.05, 3.63) is 64.7 Å². The Bertz CT molecular complexity index is 696. The summed E-state index contributed by atoms with van der Waals surface area (Å²) in [7, 11) is 0. The molecule has 0 amide bonds. The van der Waals surface area contributed by atoms with Crippen LogP contribution in [0.3, 0.4) is 0 Å². The number of carbonyl (C=O) groups is 1. The molecule has 4 nitrogen and oxygen atoms in total. The van der Waals surface area contributed by atoms with Crippen LogP contribution in [-0.2, 0) is 6.54 Å². The van der Waals surface area contributed by atoms with Crippen molar-refractivity contribution in [2.45, 2.75) is 20.4 Å². The third-order valence-electron chi connectivity index (χ3n) is 3.51. The quantitative estimate of drug-likeness (QED) is 0.754. The third-order valence-corrected chi connectivity index (χ3v) is 3.75. The Labute approximate surface area is 135 Å². The van der Waals surface area contributed by atoms with Gasteiger partial charge in [-0.25, -0.2) is 4.79 Å². The van der Waals surface area contributed by atoms with Gasteiger partial charge in [-0.1, -0.05) is 24.3 Å². The van der Waals surface area contributed by atoms with Crippen LogP contribution in [0.4, 0.5) is 5.69 Å². The van der Waals surface area contributed by atoms with E-state index in [1.54, 1.807) is 24.3 Å². The summed E-state index contributed by atoms with van der Waals surface area (Å²) < 4.78 is 0. The van der Waals surface area contributed by atoms with Gasteiger partial charge in [0.1, 0.15) is 0 Å². The van der Waals surface area contributed by atoms with Gasteiger partial charge in [0, 0.05) is 12.2 Å². The lowest BCUT2D eigenvalue weighted by Crippen LogP contribution is -2.28. The second kappa shape index (κ2) is 7.04. The molecule has 0 heterocycles. The minimum Gasteiger partial charge on any atom is -0.478 e. The number of thiocarbonyl (C=S) groups is 1. The molecule has 0 saturated carbocycles.